The highest BCUT2D eigenvalue weighted by Gasteiger charge is 2.37. The third kappa shape index (κ3) is 3.94. The van der Waals surface area contributed by atoms with Crippen molar-refractivity contribution in [2.75, 3.05) is 18.9 Å². The van der Waals surface area contributed by atoms with Crippen LogP contribution < -0.4 is 5.32 Å². The van der Waals surface area contributed by atoms with Crippen LogP contribution in [-0.4, -0.2) is 71.7 Å². The van der Waals surface area contributed by atoms with Crippen molar-refractivity contribution in [2.45, 2.75) is 24.5 Å². The second-order valence-corrected chi connectivity index (χ2v) is 5.11. The average Bonchev–Trinajstić information content (AvgIpc) is 2.16. The Bertz CT molecular complexity index is 319. The molecule has 0 aromatic carbocycles. The van der Waals surface area contributed by atoms with E-state index in [4.69, 9.17) is 14.4 Å². The molecule has 1 rings (SSSR count). The summed E-state index contributed by atoms with van der Waals surface area (Å²) in [7, 11) is -4.08. The predicted octanol–water partition coefficient (Wildman–Crippen LogP) is -3.10. The first-order chi connectivity index (χ1) is 7.31. The molecule has 8 nitrogen and oxygen atoms in total. The Morgan fingerprint density at radius 3 is 2.44 bits per heavy atom. The van der Waals surface area contributed by atoms with E-state index in [0.717, 1.165) is 0 Å². The van der Waals surface area contributed by atoms with Crippen LogP contribution in [0.5, 0.6) is 0 Å². The lowest BCUT2D eigenvalue weighted by Gasteiger charge is -2.35. The van der Waals surface area contributed by atoms with Crippen LogP contribution in [0.4, 0.5) is 0 Å². The maximum Gasteiger partial charge on any atom is 0.266 e. The molecule has 1 aliphatic heterocycles. The number of ether oxygens (including phenoxy) is 1. The minimum atomic E-state index is -4.08. The summed E-state index contributed by atoms with van der Waals surface area (Å²) < 4.78 is 34.2. The molecular formula is C7H15NO7S. The molecule has 9 heteroatoms. The highest BCUT2D eigenvalue weighted by atomic mass is 32.2. The number of aliphatic hydroxyl groups is 3. The molecule has 0 spiro atoms. The third-order valence-electron chi connectivity index (χ3n) is 2.21. The highest BCUT2D eigenvalue weighted by molar-refractivity contribution is 7.85. The fourth-order valence-electron chi connectivity index (χ4n) is 1.32. The van der Waals surface area contributed by atoms with Gasteiger partial charge in [0.15, 0.2) is 0 Å². The fourth-order valence-corrected chi connectivity index (χ4v) is 1.69. The average molecular weight is 257 g/mol. The Morgan fingerprint density at radius 2 is 1.88 bits per heavy atom. The summed E-state index contributed by atoms with van der Waals surface area (Å²) in [6, 6.07) is 0. The van der Waals surface area contributed by atoms with Gasteiger partial charge in [0.05, 0.1) is 12.4 Å². The molecule has 1 fully saturated rings. The maximum absolute atomic E-state index is 10.4. The lowest BCUT2D eigenvalue weighted by atomic mass is 10.0. The smallest absolute Gasteiger partial charge is 0.266 e. The summed E-state index contributed by atoms with van der Waals surface area (Å²) in [5.41, 5.74) is 0. The van der Waals surface area contributed by atoms with Gasteiger partial charge in [0.25, 0.3) is 10.1 Å². The molecule has 0 amide bonds. The van der Waals surface area contributed by atoms with E-state index in [1.807, 2.05) is 0 Å². The van der Waals surface area contributed by atoms with Crippen molar-refractivity contribution >= 4 is 10.1 Å². The molecular weight excluding hydrogens is 242 g/mol. The van der Waals surface area contributed by atoms with Gasteiger partial charge in [-0.1, -0.05) is 0 Å². The molecule has 0 aromatic heterocycles. The van der Waals surface area contributed by atoms with Gasteiger partial charge in [0.1, 0.15) is 24.5 Å². The fraction of sp³-hybridized carbons (Fsp3) is 1.00. The van der Waals surface area contributed by atoms with Gasteiger partial charge in [0.2, 0.25) is 0 Å². The lowest BCUT2D eigenvalue weighted by molar-refractivity contribution is -0.194. The first-order valence-electron chi connectivity index (χ1n) is 4.65. The Morgan fingerprint density at radius 1 is 1.25 bits per heavy atom. The summed E-state index contributed by atoms with van der Waals surface area (Å²) in [6.07, 6.45) is -4.85. The molecule has 0 radical (unpaired) electrons. The zero-order chi connectivity index (χ0) is 12.3. The van der Waals surface area contributed by atoms with Crippen LogP contribution in [0.1, 0.15) is 0 Å². The molecule has 0 aliphatic carbocycles. The second-order valence-electron chi connectivity index (χ2n) is 3.54. The third-order valence-corrected chi connectivity index (χ3v) is 2.93. The van der Waals surface area contributed by atoms with E-state index in [-0.39, 0.29) is 13.2 Å². The molecule has 0 saturated carbocycles. The highest BCUT2D eigenvalue weighted by Crippen LogP contribution is 2.13. The molecule has 0 aromatic rings. The largest absolute Gasteiger partial charge is 0.388 e. The second kappa shape index (κ2) is 5.36. The van der Waals surface area contributed by atoms with Crippen molar-refractivity contribution in [3.8, 4) is 0 Å². The van der Waals surface area contributed by atoms with Crippen molar-refractivity contribution in [1.29, 1.82) is 0 Å². The summed E-state index contributed by atoms with van der Waals surface area (Å²) in [6.45, 7) is -0.300. The summed E-state index contributed by atoms with van der Waals surface area (Å²) in [5.74, 6) is -0.530. The standard InChI is InChI=1S/C7H15NO7S/c9-4-3-15-7(6(11)5(4)10)8-1-2-16(12,13)14/h4-11H,1-3H2,(H,12,13,14)/t4-,5-,6+,7?/m1/s1. The van der Waals surface area contributed by atoms with Crippen LogP contribution in [0.2, 0.25) is 0 Å². The molecule has 1 aliphatic rings. The maximum atomic E-state index is 10.4. The van der Waals surface area contributed by atoms with Crippen LogP contribution in [0.3, 0.4) is 0 Å². The van der Waals surface area contributed by atoms with Gasteiger partial charge in [0, 0.05) is 6.54 Å². The van der Waals surface area contributed by atoms with Gasteiger partial charge < -0.3 is 20.1 Å². The van der Waals surface area contributed by atoms with E-state index >= 15 is 0 Å². The van der Waals surface area contributed by atoms with Crippen LogP contribution >= 0.6 is 0 Å². The van der Waals surface area contributed by atoms with E-state index in [2.05, 4.69) is 5.32 Å². The minimum Gasteiger partial charge on any atom is -0.388 e. The molecule has 0 bridgehead atoms. The van der Waals surface area contributed by atoms with Crippen molar-refractivity contribution in [2.24, 2.45) is 0 Å². The van der Waals surface area contributed by atoms with E-state index < -0.39 is 40.4 Å². The van der Waals surface area contributed by atoms with E-state index in [0.29, 0.717) is 0 Å². The SMILES string of the molecule is O=S(=O)(O)CCNC1OC[C@@H](O)[C@@H](O)[C@@H]1O. The molecule has 4 atom stereocenters. The van der Waals surface area contributed by atoms with Gasteiger partial charge in [-0.15, -0.1) is 0 Å². The van der Waals surface area contributed by atoms with Gasteiger partial charge in [-0.25, -0.2) is 0 Å². The van der Waals surface area contributed by atoms with Gasteiger partial charge in [-0.05, 0) is 0 Å². The van der Waals surface area contributed by atoms with E-state index in [1.165, 1.54) is 0 Å². The molecule has 96 valence electrons. The predicted molar refractivity (Wildman–Crippen MR) is 52.2 cm³/mol. The lowest BCUT2D eigenvalue weighted by Crippen LogP contribution is -2.58. The topological polar surface area (TPSA) is 136 Å². The monoisotopic (exact) mass is 257 g/mol. The minimum absolute atomic E-state index is 0.136. The Hall–Kier alpha value is -0.290. The number of hydrogen-bond acceptors (Lipinski definition) is 7. The van der Waals surface area contributed by atoms with Crippen LogP contribution in [-0.2, 0) is 14.9 Å². The van der Waals surface area contributed by atoms with E-state index in [1.54, 1.807) is 0 Å². The van der Waals surface area contributed by atoms with Gasteiger partial charge >= 0.3 is 0 Å². The number of rotatable bonds is 4. The van der Waals surface area contributed by atoms with Crippen molar-refractivity contribution < 1.29 is 33.0 Å². The first kappa shape index (κ1) is 13.8. The van der Waals surface area contributed by atoms with Crippen LogP contribution in [0.25, 0.3) is 0 Å². The van der Waals surface area contributed by atoms with Crippen molar-refractivity contribution in [3.63, 3.8) is 0 Å². The Kier molecular flexibility index (Phi) is 4.62. The molecule has 16 heavy (non-hydrogen) atoms. The molecule has 1 heterocycles. The van der Waals surface area contributed by atoms with Crippen LogP contribution in [0.15, 0.2) is 0 Å². The summed E-state index contributed by atoms with van der Waals surface area (Å²) in [5, 5.41) is 30.3. The number of hydrogen-bond donors (Lipinski definition) is 5. The number of nitrogens with one attached hydrogen (secondary N) is 1. The van der Waals surface area contributed by atoms with Crippen molar-refractivity contribution in [1.82, 2.24) is 5.32 Å². The summed E-state index contributed by atoms with van der Waals surface area (Å²) >= 11 is 0. The van der Waals surface area contributed by atoms with Crippen molar-refractivity contribution in [3.05, 3.63) is 0 Å². The first-order valence-corrected chi connectivity index (χ1v) is 6.26. The molecule has 5 N–H and O–H groups in total. The normalized spacial score (nSPS) is 36.2. The Balaban J connectivity index is 2.38. The summed E-state index contributed by atoms with van der Waals surface area (Å²) in [4.78, 5) is 0. The molecule has 1 unspecified atom stereocenters. The van der Waals surface area contributed by atoms with Gasteiger partial charge in [-0.3, -0.25) is 9.87 Å². The molecule has 1 saturated heterocycles. The number of aliphatic hydroxyl groups excluding tert-OH is 3. The van der Waals surface area contributed by atoms with Crippen LogP contribution in [0, 0.1) is 0 Å². The quantitative estimate of drug-likeness (QED) is 0.334. The van der Waals surface area contributed by atoms with E-state index in [9.17, 15) is 18.6 Å². The zero-order valence-corrected chi connectivity index (χ0v) is 9.17. The zero-order valence-electron chi connectivity index (χ0n) is 8.35. The Labute approximate surface area is 92.6 Å². The van der Waals surface area contributed by atoms with Gasteiger partial charge in [-0.2, -0.15) is 8.42 Å².